The van der Waals surface area contributed by atoms with Crippen LogP contribution >= 0.6 is 35.0 Å². The second-order valence-electron chi connectivity index (χ2n) is 6.20. The Kier molecular flexibility index (Phi) is 6.98. The van der Waals surface area contributed by atoms with E-state index in [1.165, 1.54) is 11.1 Å². The molecule has 1 unspecified atom stereocenters. The molecule has 3 aromatic rings. The molecule has 1 atom stereocenters. The fourth-order valence-corrected chi connectivity index (χ4v) is 5.12. The van der Waals surface area contributed by atoms with E-state index in [4.69, 9.17) is 23.2 Å². The zero-order chi connectivity index (χ0) is 19.4. The van der Waals surface area contributed by atoms with E-state index in [-0.39, 0.29) is 0 Å². The molecule has 27 heavy (non-hydrogen) atoms. The van der Waals surface area contributed by atoms with Gasteiger partial charge in [-0.05, 0) is 30.2 Å². The van der Waals surface area contributed by atoms with E-state index in [1.54, 1.807) is 23.9 Å². The van der Waals surface area contributed by atoms with Crippen LogP contribution in [0.25, 0.3) is 0 Å². The minimum absolute atomic E-state index is 0.327. The smallest absolute Gasteiger partial charge is 0.191 e. The molecule has 0 bridgehead atoms. The van der Waals surface area contributed by atoms with Crippen LogP contribution in [0.4, 0.5) is 0 Å². The van der Waals surface area contributed by atoms with Gasteiger partial charge in [0.25, 0.3) is 0 Å². The van der Waals surface area contributed by atoms with Crippen LogP contribution in [0.5, 0.6) is 0 Å². The normalized spacial score (nSPS) is 12.3. The van der Waals surface area contributed by atoms with Crippen LogP contribution in [-0.2, 0) is 35.1 Å². The summed E-state index contributed by atoms with van der Waals surface area (Å²) in [5.74, 6) is 2.20. The molecule has 0 aliphatic rings. The topological polar surface area (TPSA) is 47.8 Å². The lowest BCUT2D eigenvalue weighted by Crippen LogP contribution is -2.06. The third kappa shape index (κ3) is 5.57. The van der Waals surface area contributed by atoms with Gasteiger partial charge in [-0.2, -0.15) is 0 Å². The lowest BCUT2D eigenvalue weighted by molar-refractivity contribution is 0.677. The maximum atomic E-state index is 12.5. The monoisotopic (exact) mass is 439 g/mol. The largest absolute Gasteiger partial charge is 0.308 e. The lowest BCUT2D eigenvalue weighted by atomic mass is 10.2. The number of nitrogens with zero attached hydrogens (tertiary/aromatic N) is 3. The third-order valence-corrected chi connectivity index (χ3v) is 6.93. The van der Waals surface area contributed by atoms with Crippen molar-refractivity contribution < 1.29 is 4.21 Å². The van der Waals surface area contributed by atoms with Crippen LogP contribution in [0.15, 0.2) is 47.6 Å². The molecular weight excluding hydrogens is 421 g/mol. The summed E-state index contributed by atoms with van der Waals surface area (Å²) in [6.45, 7) is 2.07. The minimum Gasteiger partial charge on any atom is -0.308 e. The molecule has 0 saturated heterocycles. The van der Waals surface area contributed by atoms with Crippen LogP contribution in [0.3, 0.4) is 0 Å². The lowest BCUT2D eigenvalue weighted by Gasteiger charge is -2.06. The van der Waals surface area contributed by atoms with Gasteiger partial charge >= 0.3 is 0 Å². The minimum atomic E-state index is -1.14. The number of hydrogen-bond donors (Lipinski definition) is 0. The van der Waals surface area contributed by atoms with Gasteiger partial charge in [-0.25, -0.2) is 0 Å². The van der Waals surface area contributed by atoms with E-state index in [0.29, 0.717) is 27.4 Å². The zero-order valence-electron chi connectivity index (χ0n) is 15.0. The highest BCUT2D eigenvalue weighted by Crippen LogP contribution is 2.24. The van der Waals surface area contributed by atoms with Crippen LogP contribution < -0.4 is 0 Å². The quantitative estimate of drug-likeness (QED) is 0.476. The predicted molar refractivity (Wildman–Crippen MR) is 114 cm³/mol. The van der Waals surface area contributed by atoms with Gasteiger partial charge in [0.2, 0.25) is 0 Å². The first-order chi connectivity index (χ1) is 12.9. The molecule has 0 saturated carbocycles. The summed E-state index contributed by atoms with van der Waals surface area (Å²) in [5, 5.41) is 10.4. The molecule has 0 fully saturated rings. The molecule has 142 valence electrons. The first kappa shape index (κ1) is 20.4. The maximum absolute atomic E-state index is 12.5. The van der Waals surface area contributed by atoms with E-state index >= 15 is 0 Å². The molecule has 0 radical (unpaired) electrons. The van der Waals surface area contributed by atoms with Crippen molar-refractivity contribution in [2.24, 2.45) is 7.05 Å². The van der Waals surface area contributed by atoms with Crippen molar-refractivity contribution in [3.63, 3.8) is 0 Å². The van der Waals surface area contributed by atoms with Crippen molar-refractivity contribution in [2.75, 3.05) is 0 Å². The van der Waals surface area contributed by atoms with Gasteiger partial charge in [-0.15, -0.1) is 10.2 Å². The SMILES string of the molecule is Cc1ccc(CSc2nnc(CS(=O)Cc3ccc(Cl)cc3Cl)n2C)cc1. The molecular formula is C19H19Cl2N3OS2. The van der Waals surface area contributed by atoms with Crippen LogP contribution in [0.1, 0.15) is 22.5 Å². The van der Waals surface area contributed by atoms with Crippen molar-refractivity contribution in [1.82, 2.24) is 14.8 Å². The van der Waals surface area contributed by atoms with Gasteiger partial charge in [0.05, 0.1) is 11.5 Å². The number of aryl methyl sites for hydroxylation is 1. The molecule has 2 aromatic carbocycles. The average Bonchev–Trinajstić information content (AvgIpc) is 2.97. The molecule has 0 spiro atoms. The fourth-order valence-electron chi connectivity index (χ4n) is 2.44. The Balaban J connectivity index is 1.60. The van der Waals surface area contributed by atoms with Gasteiger partial charge < -0.3 is 4.57 Å². The van der Waals surface area contributed by atoms with Crippen LogP contribution in [-0.4, -0.2) is 19.0 Å². The molecule has 0 amide bonds. The van der Waals surface area contributed by atoms with E-state index < -0.39 is 10.8 Å². The number of aromatic nitrogens is 3. The summed E-state index contributed by atoms with van der Waals surface area (Å²) in [7, 11) is 0.764. The van der Waals surface area contributed by atoms with E-state index in [1.807, 2.05) is 17.7 Å². The van der Waals surface area contributed by atoms with Gasteiger partial charge in [-0.3, -0.25) is 4.21 Å². The molecule has 0 aliphatic carbocycles. The number of thioether (sulfide) groups is 1. The Morgan fingerprint density at radius 2 is 1.81 bits per heavy atom. The van der Waals surface area contributed by atoms with Crippen molar-refractivity contribution in [2.45, 2.75) is 29.3 Å². The summed E-state index contributed by atoms with van der Waals surface area (Å²) in [6, 6.07) is 13.7. The van der Waals surface area contributed by atoms with Gasteiger partial charge in [0.15, 0.2) is 5.16 Å². The summed E-state index contributed by atoms with van der Waals surface area (Å²) in [4.78, 5) is 0. The van der Waals surface area contributed by atoms with Gasteiger partial charge in [0, 0.05) is 33.6 Å². The number of rotatable bonds is 7. The standard InChI is InChI=1S/C19H19Cl2N3OS2/c1-13-3-5-14(6-4-13)10-26-19-23-22-18(24(19)2)12-27(25)11-15-7-8-16(20)9-17(15)21/h3-9H,10-12H2,1-2H3. The fraction of sp³-hybridized carbons (Fsp3) is 0.263. The Bertz CT molecular complexity index is 958. The van der Waals surface area contributed by atoms with Crippen molar-refractivity contribution in [3.05, 3.63) is 75.0 Å². The molecule has 1 heterocycles. The summed E-state index contributed by atoms with van der Waals surface area (Å²) in [6.07, 6.45) is 0. The Labute approximate surface area is 175 Å². The second-order valence-corrected chi connectivity index (χ2v) is 9.44. The Morgan fingerprint density at radius 1 is 1.07 bits per heavy atom. The molecule has 4 nitrogen and oxygen atoms in total. The summed E-state index contributed by atoms with van der Waals surface area (Å²) < 4.78 is 14.4. The summed E-state index contributed by atoms with van der Waals surface area (Å²) >= 11 is 13.7. The highest BCUT2D eigenvalue weighted by molar-refractivity contribution is 7.98. The first-order valence-corrected chi connectivity index (χ1v) is 11.5. The maximum Gasteiger partial charge on any atom is 0.191 e. The number of benzene rings is 2. The molecule has 3 rings (SSSR count). The van der Waals surface area contributed by atoms with E-state index in [9.17, 15) is 4.21 Å². The average molecular weight is 440 g/mol. The zero-order valence-corrected chi connectivity index (χ0v) is 18.1. The molecule has 1 aromatic heterocycles. The first-order valence-electron chi connectivity index (χ1n) is 8.28. The van der Waals surface area contributed by atoms with E-state index in [0.717, 1.165) is 16.5 Å². The Morgan fingerprint density at radius 3 is 2.52 bits per heavy atom. The van der Waals surface area contributed by atoms with Crippen LogP contribution in [0.2, 0.25) is 10.0 Å². The predicted octanol–water partition coefficient (Wildman–Crippen LogP) is 5.17. The second kappa shape index (κ2) is 9.24. The third-order valence-electron chi connectivity index (χ3n) is 4.04. The highest BCUT2D eigenvalue weighted by atomic mass is 35.5. The summed E-state index contributed by atoms with van der Waals surface area (Å²) in [5.41, 5.74) is 3.29. The molecule has 0 aliphatic heterocycles. The highest BCUT2D eigenvalue weighted by Gasteiger charge is 2.14. The molecule has 8 heteroatoms. The van der Waals surface area contributed by atoms with Crippen molar-refractivity contribution in [3.8, 4) is 0 Å². The Hall–Kier alpha value is -1.34. The van der Waals surface area contributed by atoms with Crippen molar-refractivity contribution >= 4 is 45.8 Å². The number of hydrogen-bond acceptors (Lipinski definition) is 4. The van der Waals surface area contributed by atoms with Gasteiger partial charge in [0.1, 0.15) is 5.82 Å². The van der Waals surface area contributed by atoms with E-state index in [2.05, 4.69) is 41.4 Å². The number of halogens is 2. The van der Waals surface area contributed by atoms with Crippen molar-refractivity contribution in [1.29, 1.82) is 0 Å². The van der Waals surface area contributed by atoms with Gasteiger partial charge in [-0.1, -0.05) is 70.9 Å². The molecule has 0 N–H and O–H groups in total. The van der Waals surface area contributed by atoms with Crippen LogP contribution in [0, 0.1) is 6.92 Å².